The Morgan fingerprint density at radius 1 is 0.882 bits per heavy atom. The quantitative estimate of drug-likeness (QED) is 0.382. The average Bonchev–Trinajstić information content (AvgIpc) is 2.82. The second-order valence-electron chi connectivity index (χ2n) is 8.95. The molecule has 0 unspecified atom stereocenters. The van der Waals surface area contributed by atoms with Crippen molar-refractivity contribution in [2.45, 2.75) is 52.6 Å². The molecule has 0 saturated carbocycles. The lowest BCUT2D eigenvalue weighted by molar-refractivity contribution is -0.116. The smallest absolute Gasteiger partial charge is 0.261 e. The number of anilines is 1. The van der Waals surface area contributed by atoms with Gasteiger partial charge in [0.2, 0.25) is 5.91 Å². The van der Waals surface area contributed by atoms with Crippen LogP contribution in [0.5, 0.6) is 0 Å². The van der Waals surface area contributed by atoms with E-state index in [0.717, 1.165) is 12.8 Å². The van der Waals surface area contributed by atoms with Crippen molar-refractivity contribution in [3.05, 3.63) is 75.8 Å². The van der Waals surface area contributed by atoms with Gasteiger partial charge in [-0.05, 0) is 49.1 Å². The fourth-order valence-corrected chi connectivity index (χ4v) is 3.99. The maximum atomic E-state index is 12.7. The summed E-state index contributed by atoms with van der Waals surface area (Å²) in [5.74, 6) is 0.228. The lowest BCUT2D eigenvalue weighted by Crippen LogP contribution is -2.23. The Balaban J connectivity index is 1.29. The molecule has 2 aromatic heterocycles. The number of carbonyl (C=O) groups excluding carboxylic acids is 1. The third kappa shape index (κ3) is 5.39. The minimum atomic E-state index is -0.103. The van der Waals surface area contributed by atoms with E-state index in [1.165, 1.54) is 0 Å². The molecule has 4 rings (SSSR count). The summed E-state index contributed by atoms with van der Waals surface area (Å²) in [7, 11) is 0. The van der Waals surface area contributed by atoms with Crippen molar-refractivity contribution in [2.24, 2.45) is 5.92 Å². The van der Waals surface area contributed by atoms with Gasteiger partial charge in [0.05, 0.1) is 34.5 Å². The van der Waals surface area contributed by atoms with Crippen LogP contribution in [0.25, 0.3) is 21.8 Å². The second-order valence-corrected chi connectivity index (χ2v) is 8.95. The van der Waals surface area contributed by atoms with Crippen LogP contribution in [0.4, 0.5) is 5.69 Å². The van der Waals surface area contributed by atoms with E-state index in [1.54, 1.807) is 46.1 Å². The molecule has 0 fully saturated rings. The van der Waals surface area contributed by atoms with E-state index in [1.807, 2.05) is 32.0 Å². The molecule has 8 nitrogen and oxygen atoms in total. The maximum Gasteiger partial charge on any atom is 0.261 e. The van der Waals surface area contributed by atoms with Crippen LogP contribution in [-0.2, 0) is 17.9 Å². The summed E-state index contributed by atoms with van der Waals surface area (Å²) in [5.41, 5.74) is 1.76. The largest absolute Gasteiger partial charge is 0.326 e. The summed E-state index contributed by atoms with van der Waals surface area (Å²) in [4.78, 5) is 46.4. The normalized spacial score (nSPS) is 11.4. The van der Waals surface area contributed by atoms with Crippen molar-refractivity contribution in [3.8, 4) is 0 Å². The highest BCUT2D eigenvalue weighted by atomic mass is 16.2. The Hall–Kier alpha value is -3.81. The molecule has 0 aliphatic rings. The van der Waals surface area contributed by atoms with Gasteiger partial charge in [-0.3, -0.25) is 23.5 Å². The first-order valence-electron chi connectivity index (χ1n) is 11.7. The summed E-state index contributed by atoms with van der Waals surface area (Å²) < 4.78 is 3.23. The zero-order valence-corrected chi connectivity index (χ0v) is 19.5. The molecular weight excluding hydrogens is 430 g/mol. The maximum absolute atomic E-state index is 12.7. The van der Waals surface area contributed by atoms with Gasteiger partial charge in [-0.15, -0.1) is 0 Å². The molecular formula is C26H29N5O3. The van der Waals surface area contributed by atoms with Crippen LogP contribution in [0.15, 0.2) is 64.7 Å². The molecule has 4 aromatic rings. The van der Waals surface area contributed by atoms with Crippen molar-refractivity contribution in [2.75, 3.05) is 5.32 Å². The minimum Gasteiger partial charge on any atom is -0.326 e. The third-order valence-corrected chi connectivity index (χ3v) is 5.70. The number of para-hydroxylation sites is 1. The first kappa shape index (κ1) is 23.4. The molecule has 2 heterocycles. The van der Waals surface area contributed by atoms with E-state index in [2.05, 4.69) is 15.3 Å². The molecule has 0 aliphatic carbocycles. The van der Waals surface area contributed by atoms with Gasteiger partial charge in [0, 0.05) is 25.2 Å². The number of amides is 1. The van der Waals surface area contributed by atoms with Crippen LogP contribution in [0, 0.1) is 5.92 Å². The Bertz CT molecular complexity index is 1440. The number of fused-ring (bicyclic) bond motifs is 2. The highest BCUT2D eigenvalue weighted by molar-refractivity contribution is 5.93. The standard InChI is InChI=1S/C26H29N5O3/c1-18(2)15-31-17-28-23-12-11-19(14-21(23)26(31)34)29-24(32)10-4-3-7-13-30-16-27-22-9-6-5-8-20(22)25(30)33/h5-6,8-9,11-12,14,16-18H,3-4,7,10,13,15H2,1-2H3,(H,29,32). The van der Waals surface area contributed by atoms with Gasteiger partial charge in [0.15, 0.2) is 0 Å². The Morgan fingerprint density at radius 2 is 1.59 bits per heavy atom. The number of unbranched alkanes of at least 4 members (excludes halogenated alkanes) is 2. The van der Waals surface area contributed by atoms with Gasteiger partial charge in [-0.25, -0.2) is 9.97 Å². The van der Waals surface area contributed by atoms with E-state index < -0.39 is 0 Å². The SMILES string of the molecule is CC(C)Cn1cnc2ccc(NC(=O)CCCCCn3cnc4ccccc4c3=O)cc2c1=O. The second kappa shape index (κ2) is 10.4. The summed E-state index contributed by atoms with van der Waals surface area (Å²) in [6.07, 6.45) is 5.83. The van der Waals surface area contributed by atoms with E-state index >= 15 is 0 Å². The van der Waals surface area contributed by atoms with Crippen LogP contribution < -0.4 is 16.4 Å². The van der Waals surface area contributed by atoms with Crippen LogP contribution in [-0.4, -0.2) is 25.0 Å². The number of nitrogens with zero attached hydrogens (tertiary/aromatic N) is 4. The molecule has 0 atom stereocenters. The fourth-order valence-electron chi connectivity index (χ4n) is 3.99. The number of aromatic nitrogens is 4. The topological polar surface area (TPSA) is 98.9 Å². The first-order chi connectivity index (χ1) is 16.4. The summed E-state index contributed by atoms with van der Waals surface area (Å²) in [5, 5.41) is 3.99. The molecule has 0 spiro atoms. The summed E-state index contributed by atoms with van der Waals surface area (Å²) >= 11 is 0. The number of hydrogen-bond donors (Lipinski definition) is 1. The van der Waals surface area contributed by atoms with Crippen molar-refractivity contribution in [1.29, 1.82) is 0 Å². The van der Waals surface area contributed by atoms with Crippen LogP contribution in [0.2, 0.25) is 0 Å². The number of carbonyl (C=O) groups is 1. The number of nitrogens with one attached hydrogen (secondary N) is 1. The van der Waals surface area contributed by atoms with E-state index in [-0.39, 0.29) is 17.0 Å². The average molecular weight is 460 g/mol. The minimum absolute atomic E-state index is 0.0402. The van der Waals surface area contributed by atoms with Gasteiger partial charge in [-0.1, -0.05) is 32.4 Å². The number of rotatable bonds is 9. The third-order valence-electron chi connectivity index (χ3n) is 5.70. The van der Waals surface area contributed by atoms with E-state index in [9.17, 15) is 14.4 Å². The zero-order chi connectivity index (χ0) is 24.1. The van der Waals surface area contributed by atoms with Crippen molar-refractivity contribution in [3.63, 3.8) is 0 Å². The molecule has 8 heteroatoms. The van der Waals surface area contributed by atoms with Crippen LogP contribution in [0.1, 0.15) is 39.5 Å². The summed E-state index contributed by atoms with van der Waals surface area (Å²) in [6.45, 7) is 5.26. The van der Waals surface area contributed by atoms with Gasteiger partial charge in [0.25, 0.3) is 11.1 Å². The Kier molecular flexibility index (Phi) is 7.15. The fraction of sp³-hybridized carbons (Fsp3) is 0.346. The molecule has 34 heavy (non-hydrogen) atoms. The number of aryl methyl sites for hydroxylation is 1. The highest BCUT2D eigenvalue weighted by Gasteiger charge is 2.09. The lowest BCUT2D eigenvalue weighted by Gasteiger charge is -2.10. The highest BCUT2D eigenvalue weighted by Crippen LogP contribution is 2.15. The number of benzene rings is 2. The van der Waals surface area contributed by atoms with Gasteiger partial charge in [-0.2, -0.15) is 0 Å². The van der Waals surface area contributed by atoms with Crippen molar-refractivity contribution in [1.82, 2.24) is 19.1 Å². The van der Waals surface area contributed by atoms with Crippen LogP contribution in [0.3, 0.4) is 0 Å². The molecule has 0 aliphatic heterocycles. The molecule has 0 saturated heterocycles. The Morgan fingerprint density at radius 3 is 2.38 bits per heavy atom. The van der Waals surface area contributed by atoms with E-state index in [4.69, 9.17) is 0 Å². The van der Waals surface area contributed by atoms with Crippen molar-refractivity contribution >= 4 is 33.4 Å². The Labute approximate surface area is 197 Å². The van der Waals surface area contributed by atoms with Gasteiger partial charge in [0.1, 0.15) is 0 Å². The van der Waals surface area contributed by atoms with Crippen LogP contribution >= 0.6 is 0 Å². The lowest BCUT2D eigenvalue weighted by atomic mass is 10.1. The molecule has 1 amide bonds. The molecule has 0 radical (unpaired) electrons. The monoisotopic (exact) mass is 459 g/mol. The molecule has 1 N–H and O–H groups in total. The first-order valence-corrected chi connectivity index (χ1v) is 11.7. The van der Waals surface area contributed by atoms with Gasteiger partial charge >= 0.3 is 0 Å². The molecule has 2 aromatic carbocycles. The summed E-state index contributed by atoms with van der Waals surface area (Å²) in [6, 6.07) is 12.5. The predicted octanol–water partition coefficient (Wildman–Crippen LogP) is 3.96. The predicted molar refractivity (Wildman–Crippen MR) is 134 cm³/mol. The molecule has 176 valence electrons. The molecule has 0 bridgehead atoms. The van der Waals surface area contributed by atoms with Gasteiger partial charge < -0.3 is 5.32 Å². The zero-order valence-electron chi connectivity index (χ0n) is 19.5. The van der Waals surface area contributed by atoms with E-state index in [0.29, 0.717) is 59.3 Å². The number of hydrogen-bond acceptors (Lipinski definition) is 5. The van der Waals surface area contributed by atoms with Crippen molar-refractivity contribution < 1.29 is 4.79 Å².